The number of imidazole rings is 1. The summed E-state index contributed by atoms with van der Waals surface area (Å²) in [5, 5.41) is 13.6. The summed E-state index contributed by atoms with van der Waals surface area (Å²) in [7, 11) is 0. The van der Waals surface area contributed by atoms with E-state index in [1.165, 1.54) is 41.7 Å². The third-order valence-electron chi connectivity index (χ3n) is 4.29. The van der Waals surface area contributed by atoms with Gasteiger partial charge in [-0.15, -0.1) is 0 Å². The lowest BCUT2D eigenvalue weighted by Crippen LogP contribution is -2.12. The highest BCUT2D eigenvalue weighted by molar-refractivity contribution is 7.19. The van der Waals surface area contributed by atoms with Gasteiger partial charge < -0.3 is 5.32 Å². The molecule has 2 heterocycles. The van der Waals surface area contributed by atoms with E-state index >= 15 is 0 Å². The van der Waals surface area contributed by atoms with Gasteiger partial charge in [-0.25, -0.2) is 9.37 Å². The summed E-state index contributed by atoms with van der Waals surface area (Å²) in [6, 6.07) is 10.1. The number of fused-ring (bicyclic) bond motifs is 1. The van der Waals surface area contributed by atoms with E-state index in [9.17, 15) is 19.3 Å². The molecule has 0 saturated carbocycles. The third kappa shape index (κ3) is 3.57. The molecule has 0 aliphatic carbocycles. The van der Waals surface area contributed by atoms with Crippen LogP contribution in [0.25, 0.3) is 16.2 Å². The molecule has 0 fully saturated rings. The minimum absolute atomic E-state index is 0.0198. The minimum Gasteiger partial charge on any atom is -0.321 e. The molecule has 0 atom stereocenters. The van der Waals surface area contributed by atoms with Crippen LogP contribution in [0.4, 0.5) is 15.8 Å². The molecule has 0 spiro atoms. The van der Waals surface area contributed by atoms with Crippen LogP contribution in [0.3, 0.4) is 0 Å². The molecule has 0 aliphatic heterocycles. The molecule has 7 nitrogen and oxygen atoms in total. The molecule has 2 aromatic carbocycles. The number of aromatic nitrogens is 2. The van der Waals surface area contributed by atoms with Crippen LogP contribution in [0.5, 0.6) is 0 Å². The summed E-state index contributed by atoms with van der Waals surface area (Å²) >= 11 is 6.93. The Bertz CT molecular complexity index is 1280. The maximum absolute atomic E-state index is 13.3. The van der Waals surface area contributed by atoms with Gasteiger partial charge in [0, 0.05) is 35.3 Å². The van der Waals surface area contributed by atoms with Crippen LogP contribution in [0, 0.1) is 22.9 Å². The number of nitro groups is 1. The van der Waals surface area contributed by atoms with Crippen molar-refractivity contribution in [3.63, 3.8) is 0 Å². The van der Waals surface area contributed by atoms with E-state index in [4.69, 9.17) is 11.6 Å². The van der Waals surface area contributed by atoms with Crippen molar-refractivity contribution in [1.82, 2.24) is 9.38 Å². The lowest BCUT2D eigenvalue weighted by Gasteiger charge is -2.05. The molecule has 146 valence electrons. The summed E-state index contributed by atoms with van der Waals surface area (Å²) in [5.41, 5.74) is 2.21. The van der Waals surface area contributed by atoms with E-state index in [1.54, 1.807) is 29.7 Å². The molecule has 0 saturated heterocycles. The Morgan fingerprint density at radius 2 is 2.10 bits per heavy atom. The highest BCUT2D eigenvalue weighted by Gasteiger charge is 2.19. The van der Waals surface area contributed by atoms with Crippen LogP contribution in [0.1, 0.15) is 15.4 Å². The number of thiazole rings is 1. The Labute approximate surface area is 172 Å². The highest BCUT2D eigenvalue weighted by atomic mass is 35.5. The molecule has 29 heavy (non-hydrogen) atoms. The fraction of sp³-hybridized carbons (Fsp3) is 0.0526. The molecular weight excluding hydrogens is 419 g/mol. The number of hydrogen-bond acceptors (Lipinski definition) is 5. The first-order valence-corrected chi connectivity index (χ1v) is 9.52. The van der Waals surface area contributed by atoms with Crippen molar-refractivity contribution in [1.29, 1.82) is 0 Å². The zero-order valence-corrected chi connectivity index (χ0v) is 16.4. The van der Waals surface area contributed by atoms with E-state index in [1.807, 2.05) is 0 Å². The van der Waals surface area contributed by atoms with Crippen LogP contribution in [-0.2, 0) is 0 Å². The first-order valence-electron chi connectivity index (χ1n) is 8.33. The molecule has 0 radical (unpaired) electrons. The number of nitrogens with zero attached hydrogens (tertiary/aromatic N) is 3. The van der Waals surface area contributed by atoms with Gasteiger partial charge in [0.1, 0.15) is 10.7 Å². The number of carbonyl (C=O) groups excluding carboxylic acids is 1. The number of hydrogen-bond donors (Lipinski definition) is 1. The Kier molecular flexibility index (Phi) is 4.77. The maximum Gasteiger partial charge on any atom is 0.270 e. The number of non-ortho nitro benzene ring substituents is 1. The molecule has 4 aromatic rings. The molecule has 0 unspecified atom stereocenters. The highest BCUT2D eigenvalue weighted by Crippen LogP contribution is 2.29. The SMILES string of the molecule is Cc1c(C(=O)Nc2ccc(F)c(Cl)c2)sc2nc(-c3cccc([N+](=O)[O-])c3)cn12. The number of benzene rings is 2. The molecule has 1 amide bonds. The number of carbonyl (C=O) groups is 1. The van der Waals surface area contributed by atoms with Gasteiger partial charge in [-0.1, -0.05) is 35.1 Å². The van der Waals surface area contributed by atoms with Crippen LogP contribution in [0.2, 0.25) is 5.02 Å². The lowest BCUT2D eigenvalue weighted by molar-refractivity contribution is -0.384. The maximum atomic E-state index is 13.3. The topological polar surface area (TPSA) is 89.5 Å². The van der Waals surface area contributed by atoms with Gasteiger partial charge in [-0.2, -0.15) is 0 Å². The van der Waals surface area contributed by atoms with Gasteiger partial charge in [0.15, 0.2) is 4.96 Å². The van der Waals surface area contributed by atoms with E-state index in [-0.39, 0.29) is 16.6 Å². The van der Waals surface area contributed by atoms with Crippen molar-refractivity contribution in [2.45, 2.75) is 6.92 Å². The molecular formula is C19H12ClFN4O3S. The Morgan fingerprint density at radius 1 is 1.31 bits per heavy atom. The number of aryl methyl sites for hydroxylation is 1. The molecule has 0 bridgehead atoms. The normalized spacial score (nSPS) is 11.0. The second-order valence-electron chi connectivity index (χ2n) is 6.19. The number of rotatable bonds is 4. The minimum atomic E-state index is -0.566. The molecule has 0 aliphatic rings. The van der Waals surface area contributed by atoms with Gasteiger partial charge in [-0.05, 0) is 25.1 Å². The summed E-state index contributed by atoms with van der Waals surface area (Å²) < 4.78 is 15.0. The van der Waals surface area contributed by atoms with Gasteiger partial charge in [0.05, 0.1) is 15.6 Å². The number of anilines is 1. The van der Waals surface area contributed by atoms with Crippen LogP contribution in [-0.4, -0.2) is 20.2 Å². The third-order valence-corrected chi connectivity index (χ3v) is 5.74. The fourth-order valence-corrected chi connectivity index (χ4v) is 4.03. The van der Waals surface area contributed by atoms with Crippen molar-refractivity contribution in [2.75, 3.05) is 5.32 Å². The van der Waals surface area contributed by atoms with E-state index in [2.05, 4.69) is 10.3 Å². The fourth-order valence-electron chi connectivity index (χ4n) is 2.84. The van der Waals surface area contributed by atoms with Crippen molar-refractivity contribution < 1.29 is 14.1 Å². The number of nitro benzene ring substituents is 1. The van der Waals surface area contributed by atoms with Gasteiger partial charge >= 0.3 is 0 Å². The summed E-state index contributed by atoms with van der Waals surface area (Å²) in [6.07, 6.45) is 1.73. The molecule has 2 aromatic heterocycles. The predicted octanol–water partition coefficient (Wildman–Crippen LogP) is 5.32. The second kappa shape index (κ2) is 7.26. The Hall–Kier alpha value is -3.30. The quantitative estimate of drug-likeness (QED) is 0.350. The van der Waals surface area contributed by atoms with Gasteiger partial charge in [-0.3, -0.25) is 19.3 Å². The van der Waals surface area contributed by atoms with Gasteiger partial charge in [0.2, 0.25) is 0 Å². The zero-order valence-electron chi connectivity index (χ0n) is 14.8. The monoisotopic (exact) mass is 430 g/mol. The van der Waals surface area contributed by atoms with Crippen LogP contribution < -0.4 is 5.32 Å². The van der Waals surface area contributed by atoms with Gasteiger partial charge in [0.25, 0.3) is 11.6 Å². The van der Waals surface area contributed by atoms with Crippen molar-refractivity contribution in [3.05, 3.63) is 80.2 Å². The Balaban J connectivity index is 1.64. The van der Waals surface area contributed by atoms with Crippen LogP contribution in [0.15, 0.2) is 48.7 Å². The number of amides is 1. The second-order valence-corrected chi connectivity index (χ2v) is 7.57. The largest absolute Gasteiger partial charge is 0.321 e. The number of halogens is 2. The summed E-state index contributed by atoms with van der Waals surface area (Å²) in [6.45, 7) is 1.77. The lowest BCUT2D eigenvalue weighted by atomic mass is 10.1. The van der Waals surface area contributed by atoms with E-state index < -0.39 is 10.7 Å². The van der Waals surface area contributed by atoms with Crippen molar-refractivity contribution >= 4 is 45.2 Å². The number of nitrogens with one attached hydrogen (secondary N) is 1. The molecule has 10 heteroatoms. The Morgan fingerprint density at radius 3 is 2.79 bits per heavy atom. The summed E-state index contributed by atoms with van der Waals surface area (Å²) in [5.74, 6) is -0.929. The van der Waals surface area contributed by atoms with Crippen molar-refractivity contribution in [2.24, 2.45) is 0 Å². The molecule has 1 N–H and O–H groups in total. The first-order chi connectivity index (χ1) is 13.8. The van der Waals surface area contributed by atoms with Crippen molar-refractivity contribution in [3.8, 4) is 11.3 Å². The standard InChI is InChI=1S/C19H12ClFN4O3S/c1-10-17(18(26)22-12-5-6-15(21)14(20)8-12)29-19-23-16(9-24(10)19)11-3-2-4-13(7-11)25(27)28/h2-9H,1H3,(H,22,26). The first kappa shape index (κ1) is 19.0. The van der Waals surface area contributed by atoms with Crippen LogP contribution >= 0.6 is 22.9 Å². The van der Waals surface area contributed by atoms with E-state index in [0.29, 0.717) is 32.5 Å². The molecule has 4 rings (SSSR count). The summed E-state index contributed by atoms with van der Waals surface area (Å²) in [4.78, 5) is 28.6. The van der Waals surface area contributed by atoms with E-state index in [0.717, 1.165) is 0 Å². The zero-order chi connectivity index (χ0) is 20.7. The average Bonchev–Trinajstić information content (AvgIpc) is 3.24. The smallest absolute Gasteiger partial charge is 0.270 e. The predicted molar refractivity (Wildman–Crippen MR) is 109 cm³/mol. The average molecular weight is 431 g/mol.